The van der Waals surface area contributed by atoms with E-state index in [-0.39, 0.29) is 11.8 Å². The number of aromatic nitrogens is 2. The Balaban J connectivity index is 1.30. The Labute approximate surface area is 160 Å². The molecular formula is C18H28N4O4S. The Bertz CT molecular complexity index is 781. The van der Waals surface area contributed by atoms with Crippen LogP contribution in [-0.2, 0) is 21.2 Å². The first-order chi connectivity index (χ1) is 12.9. The van der Waals surface area contributed by atoms with Crippen molar-refractivity contribution < 1.29 is 17.7 Å². The number of likely N-dealkylation sites (tertiary alicyclic amines) is 1. The molecule has 8 nitrogen and oxygen atoms in total. The van der Waals surface area contributed by atoms with Gasteiger partial charge in [-0.3, -0.25) is 4.79 Å². The molecule has 3 fully saturated rings. The van der Waals surface area contributed by atoms with Crippen LogP contribution in [0.5, 0.6) is 0 Å². The molecule has 9 heteroatoms. The van der Waals surface area contributed by atoms with E-state index < -0.39 is 10.0 Å². The first kappa shape index (κ1) is 18.9. The van der Waals surface area contributed by atoms with Gasteiger partial charge in [-0.1, -0.05) is 5.16 Å². The van der Waals surface area contributed by atoms with Gasteiger partial charge < -0.3 is 9.42 Å². The van der Waals surface area contributed by atoms with Gasteiger partial charge in [-0.25, -0.2) is 12.7 Å². The molecule has 1 aromatic rings. The number of sulfonamides is 1. The Hall–Kier alpha value is -1.48. The first-order valence-corrected chi connectivity index (χ1v) is 11.8. The lowest BCUT2D eigenvalue weighted by atomic mass is 9.91. The molecule has 4 rings (SSSR count). The standard InChI is InChI=1S/C18H28N4O4S/c1-27(24,25)22-9-6-15(7-10-22)18(23)21-8-2-3-13(12-21)11-16-19-17(20-26-16)14-4-5-14/h13-15H,2-12H2,1H3/t13-/m1/s1. The second kappa shape index (κ2) is 7.50. The molecule has 150 valence electrons. The van der Waals surface area contributed by atoms with Crippen LogP contribution >= 0.6 is 0 Å². The molecule has 1 saturated carbocycles. The van der Waals surface area contributed by atoms with E-state index >= 15 is 0 Å². The fourth-order valence-corrected chi connectivity index (χ4v) is 5.10. The fraction of sp³-hybridized carbons (Fsp3) is 0.833. The van der Waals surface area contributed by atoms with Crippen molar-refractivity contribution >= 4 is 15.9 Å². The number of piperidine rings is 2. The maximum absolute atomic E-state index is 12.9. The van der Waals surface area contributed by atoms with Crippen molar-refractivity contribution in [1.82, 2.24) is 19.3 Å². The summed E-state index contributed by atoms with van der Waals surface area (Å²) in [6, 6.07) is 0. The first-order valence-electron chi connectivity index (χ1n) is 9.96. The lowest BCUT2D eigenvalue weighted by Crippen LogP contribution is -2.47. The third-order valence-electron chi connectivity index (χ3n) is 5.99. The monoisotopic (exact) mass is 396 g/mol. The lowest BCUT2D eigenvalue weighted by Gasteiger charge is -2.37. The molecule has 1 aliphatic carbocycles. The second-order valence-corrected chi connectivity index (χ2v) is 10.2. The van der Waals surface area contributed by atoms with Crippen molar-refractivity contribution in [3.8, 4) is 0 Å². The minimum Gasteiger partial charge on any atom is -0.342 e. The predicted molar refractivity (Wildman–Crippen MR) is 98.4 cm³/mol. The minimum atomic E-state index is -3.16. The highest BCUT2D eigenvalue weighted by molar-refractivity contribution is 7.88. The summed E-state index contributed by atoms with van der Waals surface area (Å²) in [7, 11) is -3.16. The molecule has 3 heterocycles. The second-order valence-electron chi connectivity index (χ2n) is 8.25. The van der Waals surface area contributed by atoms with Crippen LogP contribution in [0.2, 0.25) is 0 Å². The predicted octanol–water partition coefficient (Wildman–Crippen LogP) is 1.40. The summed E-state index contributed by atoms with van der Waals surface area (Å²) in [6.45, 7) is 2.40. The molecular weight excluding hydrogens is 368 g/mol. The van der Waals surface area contributed by atoms with Crippen LogP contribution in [0.4, 0.5) is 0 Å². The Kier molecular flexibility index (Phi) is 5.24. The van der Waals surface area contributed by atoms with Crippen LogP contribution in [0.25, 0.3) is 0 Å². The summed E-state index contributed by atoms with van der Waals surface area (Å²) in [5, 5.41) is 4.08. The fourth-order valence-electron chi connectivity index (χ4n) is 4.23. The average Bonchev–Trinajstić information content (AvgIpc) is 3.40. The van der Waals surface area contributed by atoms with Gasteiger partial charge in [-0.15, -0.1) is 0 Å². The highest BCUT2D eigenvalue weighted by Gasteiger charge is 2.34. The van der Waals surface area contributed by atoms with E-state index in [1.54, 1.807) is 0 Å². The largest absolute Gasteiger partial charge is 0.342 e. The van der Waals surface area contributed by atoms with E-state index in [2.05, 4.69) is 10.1 Å². The molecule has 0 radical (unpaired) electrons. The van der Waals surface area contributed by atoms with Crippen molar-refractivity contribution in [2.24, 2.45) is 11.8 Å². The van der Waals surface area contributed by atoms with Crippen molar-refractivity contribution in [2.75, 3.05) is 32.4 Å². The number of hydrogen-bond acceptors (Lipinski definition) is 6. The maximum Gasteiger partial charge on any atom is 0.226 e. The summed E-state index contributed by atoms with van der Waals surface area (Å²) in [5.74, 6) is 2.49. The number of nitrogens with zero attached hydrogens (tertiary/aromatic N) is 4. The molecule has 1 atom stereocenters. The van der Waals surface area contributed by atoms with Gasteiger partial charge in [-0.05, 0) is 44.4 Å². The molecule has 0 bridgehead atoms. The zero-order chi connectivity index (χ0) is 19.0. The molecule has 0 aromatic carbocycles. The summed E-state index contributed by atoms with van der Waals surface area (Å²) < 4.78 is 30.2. The summed E-state index contributed by atoms with van der Waals surface area (Å²) in [6.07, 6.45) is 7.56. The van der Waals surface area contributed by atoms with Gasteiger partial charge in [0.2, 0.25) is 21.8 Å². The highest BCUT2D eigenvalue weighted by atomic mass is 32.2. The average molecular weight is 397 g/mol. The van der Waals surface area contributed by atoms with Crippen molar-refractivity contribution in [3.63, 3.8) is 0 Å². The van der Waals surface area contributed by atoms with Gasteiger partial charge in [0, 0.05) is 44.4 Å². The maximum atomic E-state index is 12.9. The van der Waals surface area contributed by atoms with Gasteiger partial charge >= 0.3 is 0 Å². The van der Waals surface area contributed by atoms with Crippen molar-refractivity contribution in [1.29, 1.82) is 0 Å². The number of hydrogen-bond donors (Lipinski definition) is 0. The molecule has 27 heavy (non-hydrogen) atoms. The van der Waals surface area contributed by atoms with Gasteiger partial charge in [0.05, 0.1) is 6.26 Å². The van der Waals surface area contributed by atoms with Crippen LogP contribution in [0.3, 0.4) is 0 Å². The quantitative estimate of drug-likeness (QED) is 0.746. The third kappa shape index (κ3) is 4.51. The van der Waals surface area contributed by atoms with Crippen LogP contribution in [-0.4, -0.2) is 66.1 Å². The Morgan fingerprint density at radius 3 is 2.56 bits per heavy atom. The highest BCUT2D eigenvalue weighted by Crippen LogP contribution is 2.38. The lowest BCUT2D eigenvalue weighted by molar-refractivity contribution is -0.138. The van der Waals surface area contributed by atoms with E-state index in [0.29, 0.717) is 43.7 Å². The molecule has 0 spiro atoms. The van der Waals surface area contributed by atoms with E-state index in [0.717, 1.165) is 51.0 Å². The number of rotatable bonds is 5. The van der Waals surface area contributed by atoms with Crippen LogP contribution in [0.15, 0.2) is 4.52 Å². The minimum absolute atomic E-state index is 0.0633. The topological polar surface area (TPSA) is 96.6 Å². The molecule has 2 aliphatic heterocycles. The number of carbonyl (C=O) groups is 1. The van der Waals surface area contributed by atoms with E-state index in [1.807, 2.05) is 4.90 Å². The summed E-state index contributed by atoms with van der Waals surface area (Å²) in [4.78, 5) is 19.4. The van der Waals surface area contributed by atoms with Gasteiger partial charge in [0.1, 0.15) is 0 Å². The Morgan fingerprint density at radius 2 is 1.89 bits per heavy atom. The normalized spacial score (nSPS) is 25.7. The third-order valence-corrected chi connectivity index (χ3v) is 7.30. The SMILES string of the molecule is CS(=O)(=O)N1CCC(C(=O)N2CCC[C@H](Cc3nc(C4CC4)no3)C2)CC1. The van der Waals surface area contributed by atoms with Gasteiger partial charge in [0.15, 0.2) is 5.82 Å². The molecule has 3 aliphatic rings. The van der Waals surface area contributed by atoms with Crippen molar-refractivity contribution in [3.05, 3.63) is 11.7 Å². The van der Waals surface area contributed by atoms with Crippen LogP contribution in [0.1, 0.15) is 56.2 Å². The van der Waals surface area contributed by atoms with Gasteiger partial charge in [0.25, 0.3) is 0 Å². The molecule has 1 aromatic heterocycles. The number of carbonyl (C=O) groups excluding carboxylic acids is 1. The summed E-state index contributed by atoms with van der Waals surface area (Å²) in [5.41, 5.74) is 0. The Morgan fingerprint density at radius 1 is 1.15 bits per heavy atom. The van der Waals surface area contributed by atoms with Crippen LogP contribution < -0.4 is 0 Å². The molecule has 0 unspecified atom stereocenters. The van der Waals surface area contributed by atoms with E-state index in [4.69, 9.17) is 4.52 Å². The molecule has 0 N–H and O–H groups in total. The molecule has 1 amide bonds. The zero-order valence-electron chi connectivity index (χ0n) is 15.8. The smallest absolute Gasteiger partial charge is 0.226 e. The summed E-state index contributed by atoms with van der Waals surface area (Å²) >= 11 is 0. The van der Waals surface area contributed by atoms with Gasteiger partial charge in [-0.2, -0.15) is 4.98 Å². The van der Waals surface area contributed by atoms with E-state index in [9.17, 15) is 13.2 Å². The van der Waals surface area contributed by atoms with E-state index in [1.165, 1.54) is 10.6 Å². The molecule has 2 saturated heterocycles. The van der Waals surface area contributed by atoms with Crippen molar-refractivity contribution in [2.45, 2.75) is 50.9 Å². The zero-order valence-corrected chi connectivity index (χ0v) is 16.7. The number of amides is 1. The van der Waals surface area contributed by atoms with Crippen LogP contribution in [0, 0.1) is 11.8 Å².